The van der Waals surface area contributed by atoms with Gasteiger partial charge in [0.1, 0.15) is 0 Å². The number of nitrogens with zero attached hydrogens (tertiary/aromatic N) is 2. The number of nitrogens with one attached hydrogen (secondary N) is 1. The van der Waals surface area contributed by atoms with Crippen LogP contribution in [0.2, 0.25) is 0 Å². The number of para-hydroxylation sites is 2. The van der Waals surface area contributed by atoms with Gasteiger partial charge in [-0.05, 0) is 70.7 Å². The van der Waals surface area contributed by atoms with E-state index >= 15 is 0 Å². The normalized spacial score (nSPS) is 12.8. The van der Waals surface area contributed by atoms with Crippen LogP contribution in [0.25, 0.3) is 0 Å². The van der Waals surface area contributed by atoms with Crippen LogP contribution >= 0.6 is 0 Å². The lowest BCUT2D eigenvalue weighted by molar-refractivity contribution is -0.0573. The largest absolute Gasteiger partial charge is 0.418 e. The highest BCUT2D eigenvalue weighted by atomic mass is 32.3. The molecule has 0 atom stereocenters. The first-order chi connectivity index (χ1) is 13.3. The van der Waals surface area contributed by atoms with E-state index in [0.29, 0.717) is 5.69 Å². The monoisotopic (exact) mass is 419 g/mol. The maximum atomic E-state index is 11.6. The van der Waals surface area contributed by atoms with Crippen molar-refractivity contribution in [3.8, 4) is 0 Å². The molecule has 0 aliphatic rings. The molecule has 0 aliphatic heterocycles. The average Bonchev–Trinajstić information content (AvgIpc) is 2.56. The molecule has 0 unspecified atom stereocenters. The summed E-state index contributed by atoms with van der Waals surface area (Å²) in [5.74, 6) is 0.143. The Bertz CT molecular complexity index is 984. The Hall–Kier alpha value is -2.42. The van der Waals surface area contributed by atoms with Crippen LogP contribution in [0.1, 0.15) is 43.0 Å². The number of guanidine groups is 1. The van der Waals surface area contributed by atoms with Gasteiger partial charge in [0.05, 0.1) is 11.2 Å². The molecule has 2 aromatic rings. The summed E-state index contributed by atoms with van der Waals surface area (Å²) in [4.78, 5) is 4.72. The van der Waals surface area contributed by atoms with Crippen LogP contribution in [-0.2, 0) is 14.7 Å². The molecule has 0 radical (unpaired) electrons. The van der Waals surface area contributed by atoms with E-state index in [9.17, 15) is 13.0 Å². The van der Waals surface area contributed by atoms with E-state index in [2.05, 4.69) is 5.32 Å². The molecule has 0 bridgehead atoms. The van der Waals surface area contributed by atoms with Gasteiger partial charge in [0.2, 0.25) is 5.96 Å². The third-order valence-corrected chi connectivity index (χ3v) is 4.68. The lowest BCUT2D eigenvalue weighted by Crippen LogP contribution is -2.49. The standard InChI is InChI=1S/C21H29N3O4S/c1-14-10-8-11-15(2)18(14)22-20(23-19-16(3)12-9-13-17(19)4)24(21(5,6)7)28-29(25,26)27/h8-13H,1-7H3,(H,22,23)(H,25,26,27). The third-order valence-electron chi connectivity index (χ3n) is 4.35. The molecule has 0 heterocycles. The molecule has 0 saturated carbocycles. The summed E-state index contributed by atoms with van der Waals surface area (Å²) < 4.78 is 37.5. The molecule has 0 fully saturated rings. The molecule has 29 heavy (non-hydrogen) atoms. The molecule has 2 N–H and O–H groups in total. The van der Waals surface area contributed by atoms with Gasteiger partial charge in [-0.1, -0.05) is 36.4 Å². The first kappa shape index (κ1) is 22.9. The minimum atomic E-state index is -4.77. The first-order valence-electron chi connectivity index (χ1n) is 9.25. The Kier molecular flexibility index (Phi) is 6.72. The summed E-state index contributed by atoms with van der Waals surface area (Å²) >= 11 is 0. The van der Waals surface area contributed by atoms with E-state index in [-0.39, 0.29) is 5.96 Å². The Morgan fingerprint density at radius 1 is 0.966 bits per heavy atom. The second-order valence-electron chi connectivity index (χ2n) is 8.04. The van der Waals surface area contributed by atoms with Crippen LogP contribution in [0.5, 0.6) is 0 Å². The van der Waals surface area contributed by atoms with E-state index in [1.54, 1.807) is 20.8 Å². The van der Waals surface area contributed by atoms with Gasteiger partial charge in [0.15, 0.2) is 0 Å². The Morgan fingerprint density at radius 2 is 1.41 bits per heavy atom. The fourth-order valence-electron chi connectivity index (χ4n) is 2.89. The van der Waals surface area contributed by atoms with E-state index in [1.807, 2.05) is 64.1 Å². The maximum absolute atomic E-state index is 11.6. The van der Waals surface area contributed by atoms with E-state index in [1.165, 1.54) is 0 Å². The van der Waals surface area contributed by atoms with E-state index in [0.717, 1.165) is 33.0 Å². The summed E-state index contributed by atoms with van der Waals surface area (Å²) in [6.45, 7) is 13.0. The molecule has 2 aromatic carbocycles. The zero-order valence-corrected chi connectivity index (χ0v) is 18.8. The second kappa shape index (κ2) is 8.52. The van der Waals surface area contributed by atoms with Crippen molar-refractivity contribution in [1.29, 1.82) is 0 Å². The summed E-state index contributed by atoms with van der Waals surface area (Å²) in [5, 5.41) is 4.29. The van der Waals surface area contributed by atoms with Crippen LogP contribution in [-0.4, -0.2) is 29.5 Å². The van der Waals surface area contributed by atoms with Crippen molar-refractivity contribution in [2.45, 2.75) is 54.0 Å². The zero-order valence-electron chi connectivity index (χ0n) is 17.9. The van der Waals surface area contributed by atoms with E-state index in [4.69, 9.17) is 9.28 Å². The number of hydrogen-bond donors (Lipinski definition) is 2. The molecular weight excluding hydrogens is 390 g/mol. The predicted octanol–water partition coefficient (Wildman–Crippen LogP) is 4.85. The van der Waals surface area contributed by atoms with Crippen LogP contribution in [0.4, 0.5) is 11.4 Å². The summed E-state index contributed by atoms with van der Waals surface area (Å²) in [7, 11) is -4.77. The number of hydroxylamine groups is 2. The number of aryl methyl sites for hydroxylation is 4. The van der Waals surface area contributed by atoms with Crippen molar-refractivity contribution in [3.63, 3.8) is 0 Å². The quantitative estimate of drug-likeness (QED) is 0.318. The van der Waals surface area contributed by atoms with Crippen molar-refractivity contribution in [3.05, 3.63) is 58.7 Å². The SMILES string of the molecule is Cc1cccc(C)c1N=C(Nc1c(C)cccc1C)N(OS(=O)(=O)O)C(C)(C)C. The van der Waals surface area contributed by atoms with Gasteiger partial charge in [-0.15, -0.1) is 4.28 Å². The average molecular weight is 420 g/mol. The molecule has 7 nitrogen and oxygen atoms in total. The van der Waals surface area contributed by atoms with Gasteiger partial charge in [-0.25, -0.2) is 4.99 Å². The Morgan fingerprint density at radius 3 is 1.83 bits per heavy atom. The third kappa shape index (κ3) is 6.03. The maximum Gasteiger partial charge on any atom is 0.418 e. The predicted molar refractivity (Wildman–Crippen MR) is 117 cm³/mol. The molecule has 0 saturated heterocycles. The van der Waals surface area contributed by atoms with E-state index < -0.39 is 15.9 Å². The number of rotatable bonds is 4. The Labute approximate surface area is 173 Å². The molecule has 0 amide bonds. The molecule has 0 aliphatic carbocycles. The molecule has 2 rings (SSSR count). The fraction of sp³-hybridized carbons (Fsp3) is 0.381. The van der Waals surface area contributed by atoms with Gasteiger partial charge in [0.25, 0.3) is 0 Å². The van der Waals surface area contributed by atoms with Gasteiger partial charge in [-0.2, -0.15) is 13.5 Å². The molecule has 0 spiro atoms. The minimum Gasteiger partial charge on any atom is -0.324 e. The van der Waals surface area contributed by atoms with Crippen LogP contribution in [0, 0.1) is 27.7 Å². The number of aliphatic imine (C=N–C) groups is 1. The second-order valence-corrected chi connectivity index (χ2v) is 9.04. The number of anilines is 1. The van der Waals surface area contributed by atoms with Crippen molar-refractivity contribution in [1.82, 2.24) is 5.06 Å². The van der Waals surface area contributed by atoms with Crippen molar-refractivity contribution in [2.75, 3.05) is 5.32 Å². The van der Waals surface area contributed by atoms with Gasteiger partial charge in [-0.3, -0.25) is 4.55 Å². The topological polar surface area (TPSA) is 91.2 Å². The lowest BCUT2D eigenvalue weighted by atomic mass is 10.1. The summed E-state index contributed by atoms with van der Waals surface area (Å²) in [5.41, 5.74) is 4.40. The van der Waals surface area contributed by atoms with Crippen LogP contribution in [0.3, 0.4) is 0 Å². The lowest BCUT2D eigenvalue weighted by Gasteiger charge is -2.35. The van der Waals surface area contributed by atoms with Gasteiger partial charge < -0.3 is 5.32 Å². The zero-order chi connectivity index (χ0) is 22.0. The van der Waals surface area contributed by atoms with Crippen molar-refractivity contribution in [2.24, 2.45) is 4.99 Å². The van der Waals surface area contributed by atoms with Crippen molar-refractivity contribution < 1.29 is 17.3 Å². The Balaban J connectivity index is 2.71. The smallest absolute Gasteiger partial charge is 0.324 e. The van der Waals surface area contributed by atoms with Crippen molar-refractivity contribution >= 4 is 27.7 Å². The minimum absolute atomic E-state index is 0.143. The molecule has 0 aromatic heterocycles. The van der Waals surface area contributed by atoms with Crippen LogP contribution < -0.4 is 5.32 Å². The van der Waals surface area contributed by atoms with Gasteiger partial charge >= 0.3 is 10.4 Å². The van der Waals surface area contributed by atoms with Gasteiger partial charge in [0, 0.05) is 5.69 Å². The fourth-order valence-corrected chi connectivity index (χ4v) is 3.38. The summed E-state index contributed by atoms with van der Waals surface area (Å²) in [6.07, 6.45) is 0. The molecule has 8 heteroatoms. The summed E-state index contributed by atoms with van der Waals surface area (Å²) in [6, 6.07) is 11.6. The first-order valence-corrected chi connectivity index (χ1v) is 10.6. The highest BCUT2D eigenvalue weighted by Gasteiger charge is 2.31. The number of hydrogen-bond acceptors (Lipinski definition) is 4. The highest BCUT2D eigenvalue weighted by Crippen LogP contribution is 2.28. The highest BCUT2D eigenvalue weighted by molar-refractivity contribution is 7.80. The molecule has 158 valence electrons. The van der Waals surface area contributed by atoms with Crippen LogP contribution in [0.15, 0.2) is 41.4 Å². The number of benzene rings is 2. The molecular formula is C21H29N3O4S.